The number of hydrogen-bond acceptors (Lipinski definition) is 5. The lowest BCUT2D eigenvalue weighted by Crippen LogP contribution is -2.21. The Labute approximate surface area is 153 Å². The van der Waals surface area contributed by atoms with E-state index in [9.17, 15) is 9.70 Å². The highest BCUT2D eigenvalue weighted by atomic mass is 16.5. The minimum atomic E-state index is -0.802. The van der Waals surface area contributed by atoms with Crippen LogP contribution < -0.4 is 4.74 Å². The largest absolute Gasteiger partial charge is 0.492 e. The minimum absolute atomic E-state index is 0.211. The molecular formula is C19H25N3O4. The van der Waals surface area contributed by atoms with Crippen molar-refractivity contribution in [3.63, 3.8) is 0 Å². The molecule has 0 spiro atoms. The topological polar surface area (TPSA) is 91.6 Å². The Bertz CT molecular complexity index is 671. The van der Waals surface area contributed by atoms with Crippen molar-refractivity contribution >= 4 is 12.7 Å². The Morgan fingerprint density at radius 3 is 2.81 bits per heavy atom. The van der Waals surface area contributed by atoms with E-state index in [1.807, 2.05) is 32.0 Å². The number of carboxylic acids is 1. The number of carbonyl (C=O) groups is 1. The van der Waals surface area contributed by atoms with Crippen molar-refractivity contribution in [2.45, 2.75) is 26.7 Å². The van der Waals surface area contributed by atoms with Crippen LogP contribution in [0.15, 0.2) is 58.6 Å². The van der Waals surface area contributed by atoms with Gasteiger partial charge in [0, 0.05) is 0 Å². The van der Waals surface area contributed by atoms with Gasteiger partial charge in [0.25, 0.3) is 0 Å². The molecular weight excluding hydrogens is 334 g/mol. The van der Waals surface area contributed by atoms with Crippen molar-refractivity contribution in [1.82, 2.24) is 5.01 Å². The summed E-state index contributed by atoms with van der Waals surface area (Å²) in [4.78, 5) is 25.9. The average molecular weight is 359 g/mol. The summed E-state index contributed by atoms with van der Waals surface area (Å²) in [5.74, 6) is -0.274. The molecule has 0 radical (unpaired) electrons. The molecule has 0 saturated carbocycles. The lowest BCUT2D eigenvalue weighted by molar-refractivity contribution is -0.141. The van der Waals surface area contributed by atoms with Gasteiger partial charge < -0.3 is 9.84 Å². The van der Waals surface area contributed by atoms with Crippen LogP contribution in [0.2, 0.25) is 0 Å². The molecule has 7 heteroatoms. The summed E-state index contributed by atoms with van der Waals surface area (Å²) in [7, 11) is 0. The van der Waals surface area contributed by atoms with Gasteiger partial charge in [-0.3, -0.25) is 4.79 Å². The highest BCUT2D eigenvalue weighted by Gasteiger charge is 2.15. The second-order valence-electron chi connectivity index (χ2n) is 5.56. The van der Waals surface area contributed by atoms with Gasteiger partial charge in [0.1, 0.15) is 12.4 Å². The molecule has 26 heavy (non-hydrogen) atoms. The fourth-order valence-electron chi connectivity index (χ4n) is 2.30. The van der Waals surface area contributed by atoms with Gasteiger partial charge in [-0.25, -0.2) is 10.0 Å². The second kappa shape index (κ2) is 11.6. The number of carboxylic acid groups (broad SMARTS) is 1. The number of allylic oxidation sites excluding steroid dienone is 3. The predicted molar refractivity (Wildman–Crippen MR) is 102 cm³/mol. The summed E-state index contributed by atoms with van der Waals surface area (Å²) in [6.07, 6.45) is 6.18. The molecule has 1 rings (SSSR count). The zero-order chi connectivity index (χ0) is 19.4. The van der Waals surface area contributed by atoms with Crippen LogP contribution in [0, 0.1) is 10.8 Å². The van der Waals surface area contributed by atoms with Crippen LogP contribution in [-0.4, -0.2) is 36.0 Å². The number of aliphatic imine (C=N–C) groups is 1. The van der Waals surface area contributed by atoms with E-state index in [1.54, 1.807) is 24.3 Å². The SMILES string of the molecule is C=N/C(=C\C=C/C)N(CCOc1cccc(CC(CC)C(=O)O)c1)N=O. The number of rotatable bonds is 12. The number of nitroso groups, excluding NO2 is 1. The molecule has 0 aromatic heterocycles. The molecule has 1 unspecified atom stereocenters. The fourth-order valence-corrected chi connectivity index (χ4v) is 2.30. The monoisotopic (exact) mass is 359 g/mol. The first-order valence-electron chi connectivity index (χ1n) is 8.40. The van der Waals surface area contributed by atoms with Gasteiger partial charge in [0.15, 0.2) is 5.82 Å². The van der Waals surface area contributed by atoms with Crippen LogP contribution in [0.1, 0.15) is 25.8 Å². The van der Waals surface area contributed by atoms with Gasteiger partial charge in [-0.2, -0.15) is 0 Å². The predicted octanol–water partition coefficient (Wildman–Crippen LogP) is 3.82. The molecule has 0 fully saturated rings. The lowest BCUT2D eigenvalue weighted by atomic mass is 9.97. The number of hydrogen-bond donors (Lipinski definition) is 1. The Kier molecular flexibility index (Phi) is 9.38. The van der Waals surface area contributed by atoms with Crippen molar-refractivity contribution in [2.24, 2.45) is 16.2 Å². The van der Waals surface area contributed by atoms with Crippen molar-refractivity contribution in [3.05, 3.63) is 58.8 Å². The van der Waals surface area contributed by atoms with Gasteiger partial charge in [0.05, 0.1) is 17.7 Å². The van der Waals surface area contributed by atoms with E-state index in [4.69, 9.17) is 9.84 Å². The first kappa shape index (κ1) is 21.1. The summed E-state index contributed by atoms with van der Waals surface area (Å²) in [5.41, 5.74) is 0.892. The van der Waals surface area contributed by atoms with Crippen molar-refractivity contribution in [1.29, 1.82) is 0 Å². The van der Waals surface area contributed by atoms with Crippen LogP contribution in [0.4, 0.5) is 0 Å². The summed E-state index contributed by atoms with van der Waals surface area (Å²) in [5, 5.41) is 13.3. The maximum absolute atomic E-state index is 11.2. The molecule has 0 amide bonds. The van der Waals surface area contributed by atoms with Crippen molar-refractivity contribution in [2.75, 3.05) is 13.2 Å². The third-order valence-electron chi connectivity index (χ3n) is 3.76. The fraction of sp³-hybridized carbons (Fsp3) is 0.368. The molecule has 7 nitrogen and oxygen atoms in total. The maximum Gasteiger partial charge on any atom is 0.306 e. The Hall–Kier alpha value is -2.96. The normalized spacial score (nSPS) is 12.6. The molecule has 0 aliphatic carbocycles. The van der Waals surface area contributed by atoms with E-state index in [1.165, 1.54) is 0 Å². The van der Waals surface area contributed by atoms with Gasteiger partial charge in [-0.05, 0) is 50.3 Å². The third-order valence-corrected chi connectivity index (χ3v) is 3.76. The minimum Gasteiger partial charge on any atom is -0.492 e. The van der Waals surface area contributed by atoms with Gasteiger partial charge in [-0.1, -0.05) is 31.2 Å². The molecule has 1 N–H and O–H groups in total. The standard InChI is InChI=1S/C19H25N3O4/c1-4-6-10-18(20-3)22(21-25)11-12-26-17-9-7-8-15(14-17)13-16(5-2)19(23)24/h4,6-10,14,16H,3,5,11-13H2,1-2H3,(H,23,24)/b6-4-,18-10+. The summed E-state index contributed by atoms with van der Waals surface area (Å²) >= 11 is 0. The van der Waals surface area contributed by atoms with E-state index in [0.717, 1.165) is 10.6 Å². The van der Waals surface area contributed by atoms with E-state index >= 15 is 0 Å². The van der Waals surface area contributed by atoms with Gasteiger partial charge in [0.2, 0.25) is 0 Å². The zero-order valence-electron chi connectivity index (χ0n) is 15.2. The Morgan fingerprint density at radius 2 is 2.23 bits per heavy atom. The summed E-state index contributed by atoms with van der Waals surface area (Å²) < 4.78 is 5.66. The van der Waals surface area contributed by atoms with Crippen LogP contribution >= 0.6 is 0 Å². The lowest BCUT2D eigenvalue weighted by Gasteiger charge is -2.16. The Balaban J connectivity index is 2.67. The molecule has 1 atom stereocenters. The van der Waals surface area contributed by atoms with E-state index in [-0.39, 0.29) is 13.2 Å². The molecule has 0 saturated heterocycles. The van der Waals surface area contributed by atoms with Crippen LogP contribution in [0.5, 0.6) is 5.75 Å². The van der Waals surface area contributed by atoms with E-state index < -0.39 is 11.9 Å². The number of aliphatic carboxylic acids is 1. The number of benzene rings is 1. The van der Waals surface area contributed by atoms with E-state index in [2.05, 4.69) is 17.0 Å². The van der Waals surface area contributed by atoms with Crippen LogP contribution in [0.3, 0.4) is 0 Å². The van der Waals surface area contributed by atoms with Crippen molar-refractivity contribution in [3.8, 4) is 5.75 Å². The smallest absolute Gasteiger partial charge is 0.306 e. The molecule has 1 aromatic carbocycles. The Morgan fingerprint density at radius 1 is 1.46 bits per heavy atom. The first-order chi connectivity index (χ1) is 12.5. The molecule has 0 aliphatic heterocycles. The maximum atomic E-state index is 11.2. The first-order valence-corrected chi connectivity index (χ1v) is 8.40. The number of ether oxygens (including phenoxy) is 1. The average Bonchev–Trinajstić information content (AvgIpc) is 2.65. The highest BCUT2D eigenvalue weighted by molar-refractivity contribution is 5.70. The highest BCUT2D eigenvalue weighted by Crippen LogP contribution is 2.18. The molecule has 0 heterocycles. The zero-order valence-corrected chi connectivity index (χ0v) is 15.2. The summed E-state index contributed by atoms with van der Waals surface area (Å²) in [6, 6.07) is 7.29. The summed E-state index contributed by atoms with van der Waals surface area (Å²) in [6.45, 7) is 7.56. The molecule has 1 aromatic rings. The van der Waals surface area contributed by atoms with E-state index in [0.29, 0.717) is 24.4 Å². The number of nitrogens with zero attached hydrogens (tertiary/aromatic N) is 3. The van der Waals surface area contributed by atoms with Crippen LogP contribution in [-0.2, 0) is 11.2 Å². The van der Waals surface area contributed by atoms with Crippen molar-refractivity contribution < 1.29 is 14.6 Å². The third kappa shape index (κ3) is 6.88. The molecule has 0 bridgehead atoms. The quantitative estimate of drug-likeness (QED) is 0.265. The molecule has 0 aliphatic rings. The van der Waals surface area contributed by atoms with Gasteiger partial charge in [-0.15, -0.1) is 4.91 Å². The van der Waals surface area contributed by atoms with Crippen LogP contribution in [0.25, 0.3) is 0 Å². The second-order valence-corrected chi connectivity index (χ2v) is 5.56. The van der Waals surface area contributed by atoms with Gasteiger partial charge >= 0.3 is 5.97 Å². The molecule has 140 valence electrons.